The molecule has 0 bridgehead atoms. The van der Waals surface area contributed by atoms with Crippen LogP contribution in [0.2, 0.25) is 0 Å². The summed E-state index contributed by atoms with van der Waals surface area (Å²) in [5.74, 6) is -0.690. The number of aliphatic hydroxyl groups excluding tert-OH is 1. The molecule has 80 heavy (non-hydrogen) atoms. The first-order valence-corrected chi connectivity index (χ1v) is 29.1. The molecule has 1 aromatic heterocycles. The van der Waals surface area contributed by atoms with E-state index in [2.05, 4.69) is 119 Å². The number of Topliss-reactive ketones (excluding diaryl/α,β-unsaturated/α-hetero) is 4. The van der Waals surface area contributed by atoms with E-state index in [1.54, 1.807) is 25.3 Å². The van der Waals surface area contributed by atoms with E-state index in [1.165, 1.54) is 6.92 Å². The van der Waals surface area contributed by atoms with E-state index in [4.69, 9.17) is 20.0 Å². The number of nitrogens with zero attached hydrogens (tertiary/aromatic N) is 1. The summed E-state index contributed by atoms with van der Waals surface area (Å²) in [5.41, 5.74) is 9.96. The normalized spacial score (nSPS) is 10.4. The van der Waals surface area contributed by atoms with Gasteiger partial charge in [-0.25, -0.2) is 0 Å². The lowest BCUT2D eigenvalue weighted by molar-refractivity contribution is -0.139. The van der Waals surface area contributed by atoms with Gasteiger partial charge >= 0.3 is 5.97 Å². The van der Waals surface area contributed by atoms with E-state index in [0.717, 1.165) is 98.6 Å². The van der Waals surface area contributed by atoms with Crippen LogP contribution in [0.25, 0.3) is 65.1 Å². The van der Waals surface area contributed by atoms with Crippen LogP contribution in [0.3, 0.4) is 0 Å². The fourth-order valence-corrected chi connectivity index (χ4v) is 10.4. The smallest absolute Gasteiger partial charge is 0.303 e. The van der Waals surface area contributed by atoms with Crippen molar-refractivity contribution in [1.82, 2.24) is 4.98 Å². The van der Waals surface area contributed by atoms with Crippen molar-refractivity contribution >= 4 is 185 Å². The number of alkyl halides is 1. The van der Waals surface area contributed by atoms with E-state index in [0.29, 0.717) is 16.5 Å². The van der Waals surface area contributed by atoms with Gasteiger partial charge in [0.1, 0.15) is 18.6 Å². The Hall–Kier alpha value is -6.50. The third kappa shape index (κ3) is 16.6. The van der Waals surface area contributed by atoms with Gasteiger partial charge in [0.05, 0.1) is 5.33 Å². The molecular weight excluding hydrogens is 1400 g/mol. The molecule has 0 aliphatic carbocycles. The topological polar surface area (TPSA) is 167 Å². The maximum Gasteiger partial charge on any atom is 0.303 e. The molecule has 0 saturated heterocycles. The number of oxazole rings is 1. The van der Waals surface area contributed by atoms with Crippen LogP contribution >= 0.6 is 95.6 Å². The first-order valence-electron chi connectivity index (χ1n) is 24.0. The molecule has 0 radical (unpaired) electrons. The molecule has 11 rings (SSSR count). The van der Waals surface area contributed by atoms with Crippen LogP contribution < -0.4 is 5.73 Å². The second kappa shape index (κ2) is 29.8. The van der Waals surface area contributed by atoms with Crippen LogP contribution in [-0.2, 0) is 9.53 Å². The molecule has 0 atom stereocenters. The van der Waals surface area contributed by atoms with Gasteiger partial charge in [-0.1, -0.05) is 224 Å². The van der Waals surface area contributed by atoms with Crippen LogP contribution in [0, 0.1) is 0 Å². The molecule has 16 heteroatoms. The molecule has 3 N–H and O–H groups in total. The zero-order chi connectivity index (χ0) is 56.8. The van der Waals surface area contributed by atoms with Gasteiger partial charge in [-0.2, -0.15) is 4.98 Å². The summed E-state index contributed by atoms with van der Waals surface area (Å²) in [6.07, 6.45) is 1.57. The molecule has 0 spiro atoms. The number of benzene rings is 10. The van der Waals surface area contributed by atoms with Gasteiger partial charge in [-0.3, -0.25) is 24.0 Å². The number of hydrogen-bond acceptors (Lipinski definition) is 10. The summed E-state index contributed by atoms with van der Waals surface area (Å²) in [6.45, 7) is 2.20. The number of rotatable bonds is 9. The molecule has 0 fully saturated rings. The Bertz CT molecular complexity index is 3980. The lowest BCUT2D eigenvalue weighted by Crippen LogP contribution is -2.12. The van der Waals surface area contributed by atoms with E-state index in [-0.39, 0.29) is 44.6 Å². The van der Waals surface area contributed by atoms with E-state index < -0.39 is 12.6 Å². The van der Waals surface area contributed by atoms with Gasteiger partial charge in [0, 0.05) is 58.5 Å². The van der Waals surface area contributed by atoms with Crippen molar-refractivity contribution in [3.63, 3.8) is 0 Å². The standard InChI is InChI=1S/C14H11BrO3.C13H9BrN2O.C12H8Br2O.C12H9BrO2.C12H9BrO.CH4.H2/c1-9(16)18-8-14(17)12-4-2-3-10-5-6-11(15)7-13(10)12;14-9-5-4-8-2-1-3-10(11(8)6-9)12-7-17-13(15)16-12;13-7-12(15)10-3-1-2-8-4-5-9(14)6-11(8)10;13-9-5-4-8-2-1-3-10(11(8)6-9)12(15)7-14;1-8(14)11-4-2-3-9-5-6-10(13)7-12(9)11;;/h2-7H,8H2,1H3;1-7H,(H2,15,16);1-6H,7H2;1-6,14H,7H2;2-7H,1H3;1H4;1H/i;;;;;;1+1. The number of ether oxygens (including phenoxy) is 1. The molecule has 1 heterocycles. The number of aliphatic hydroxyl groups is 1. The van der Waals surface area contributed by atoms with E-state index in [1.807, 2.05) is 152 Å². The molecule has 0 unspecified atom stereocenters. The second-order valence-corrected chi connectivity index (χ2v) is 22.5. The first-order chi connectivity index (χ1) is 37.9. The van der Waals surface area contributed by atoms with Crippen molar-refractivity contribution in [2.75, 3.05) is 24.3 Å². The van der Waals surface area contributed by atoms with Crippen molar-refractivity contribution in [1.29, 1.82) is 0 Å². The Morgan fingerprint density at radius 1 is 0.500 bits per heavy atom. The number of carbonyl (C=O) groups is 5. The number of halogens is 6. The first kappa shape index (κ1) is 62.7. The number of nitrogen functional groups attached to an aromatic ring is 1. The molecule has 11 aromatic rings. The zero-order valence-electron chi connectivity index (χ0n) is 42.1. The van der Waals surface area contributed by atoms with Crippen molar-refractivity contribution in [3.8, 4) is 11.3 Å². The summed E-state index contributed by atoms with van der Waals surface area (Å²) in [5, 5.41) is 19.4. The molecular formula is C64H52Br6N2O8. The van der Waals surface area contributed by atoms with Crippen LogP contribution in [0.15, 0.2) is 215 Å². The number of carbonyl (C=O) groups excluding carboxylic acids is 5. The summed E-state index contributed by atoms with van der Waals surface area (Å²) in [4.78, 5) is 61.4. The number of ketones is 4. The summed E-state index contributed by atoms with van der Waals surface area (Å²) in [6, 6.07) is 58.3. The third-order valence-electron chi connectivity index (χ3n) is 12.0. The Labute approximate surface area is 514 Å². The van der Waals surface area contributed by atoms with E-state index >= 15 is 0 Å². The van der Waals surface area contributed by atoms with Gasteiger partial charge in [-0.05, 0) is 121 Å². The monoisotopic (exact) mass is 1450 g/mol. The highest BCUT2D eigenvalue weighted by Crippen LogP contribution is 2.31. The lowest BCUT2D eigenvalue weighted by Gasteiger charge is -2.06. The summed E-state index contributed by atoms with van der Waals surface area (Å²) < 4.78 is 14.6. The largest absolute Gasteiger partial charge is 0.457 e. The molecule has 0 saturated carbocycles. The van der Waals surface area contributed by atoms with Gasteiger partial charge in [0.2, 0.25) is 5.78 Å². The molecule has 408 valence electrons. The Balaban J connectivity index is 0.000000185. The predicted octanol–water partition coefficient (Wildman–Crippen LogP) is 18.8. The highest BCUT2D eigenvalue weighted by atomic mass is 79.9. The van der Waals surface area contributed by atoms with Gasteiger partial charge in [-0.15, -0.1) is 0 Å². The van der Waals surface area contributed by atoms with Crippen LogP contribution in [-0.4, -0.2) is 57.7 Å². The third-order valence-corrected chi connectivity index (χ3v) is 14.9. The average molecular weight is 1460 g/mol. The summed E-state index contributed by atoms with van der Waals surface area (Å²) in [7, 11) is 0. The van der Waals surface area contributed by atoms with E-state index in [9.17, 15) is 24.0 Å². The van der Waals surface area contributed by atoms with Gasteiger partial charge < -0.3 is 20.0 Å². The minimum absolute atomic E-state index is 0. The number of anilines is 1. The maximum absolute atomic E-state index is 12.0. The Morgan fingerprint density at radius 3 is 1.21 bits per heavy atom. The van der Waals surface area contributed by atoms with Crippen LogP contribution in [0.1, 0.15) is 64.1 Å². The Kier molecular flexibility index (Phi) is 23.4. The van der Waals surface area contributed by atoms with Gasteiger partial charge in [0.15, 0.2) is 24.0 Å². The molecule has 0 amide bonds. The number of esters is 1. The van der Waals surface area contributed by atoms with Crippen LogP contribution in [0.5, 0.6) is 0 Å². The van der Waals surface area contributed by atoms with Crippen molar-refractivity contribution < 1.29 is 39.7 Å². The number of fused-ring (bicyclic) bond motifs is 5. The van der Waals surface area contributed by atoms with Gasteiger partial charge in [0.25, 0.3) is 6.01 Å². The summed E-state index contributed by atoms with van der Waals surface area (Å²) >= 11 is 20.2. The lowest BCUT2D eigenvalue weighted by atomic mass is 10.0. The number of nitrogens with two attached hydrogens (primary N) is 1. The highest BCUT2D eigenvalue weighted by molar-refractivity contribution is 9.11. The maximum atomic E-state index is 12.0. The average Bonchev–Trinajstić information content (AvgIpc) is 3.89. The molecule has 0 aliphatic rings. The minimum Gasteiger partial charge on any atom is -0.457 e. The van der Waals surface area contributed by atoms with Crippen molar-refractivity contribution in [3.05, 3.63) is 233 Å². The van der Waals surface area contributed by atoms with Crippen LogP contribution in [0.4, 0.5) is 6.01 Å². The second-order valence-electron chi connectivity index (χ2n) is 17.3. The SMILES string of the molecule is C.CC(=O)OCC(=O)c1cccc2ccc(Br)cc12.CC(=O)c1cccc2ccc(Br)cc12.Nc1nc(-c2cccc3ccc(Br)cc23)co1.O=C(CBr)c1cccc2ccc(Br)cc12.O=C(CO)c1cccc2ccc(Br)cc12.[2HH]. The quantitative estimate of drug-likeness (QED) is 0.0806. The minimum atomic E-state index is -0.454. The fraction of sp³-hybridized carbons (Fsp3) is 0.0938. The molecule has 10 aromatic carbocycles. The molecule has 10 nitrogen and oxygen atoms in total. The highest BCUT2D eigenvalue weighted by Gasteiger charge is 2.14. The zero-order valence-corrected chi connectivity index (χ0v) is 51.6. The predicted molar refractivity (Wildman–Crippen MR) is 348 cm³/mol. The number of aromatic nitrogens is 1. The van der Waals surface area contributed by atoms with Crippen molar-refractivity contribution in [2.45, 2.75) is 21.3 Å². The fourth-order valence-electron chi connectivity index (χ4n) is 8.30. The molecule has 0 aliphatic heterocycles. The Morgan fingerprint density at radius 2 is 0.850 bits per heavy atom. The van der Waals surface area contributed by atoms with Crippen molar-refractivity contribution in [2.24, 2.45) is 0 Å². The number of hydrogen-bond donors (Lipinski definition) is 2.